The Morgan fingerprint density at radius 2 is 2.05 bits per heavy atom. The molecular formula is C17H26Cl2N2. The van der Waals surface area contributed by atoms with Crippen molar-refractivity contribution in [3.8, 4) is 0 Å². The number of rotatable bonds is 4. The molecule has 0 bridgehead atoms. The van der Waals surface area contributed by atoms with E-state index in [0.29, 0.717) is 22.0 Å². The van der Waals surface area contributed by atoms with E-state index in [-0.39, 0.29) is 5.54 Å². The van der Waals surface area contributed by atoms with Crippen molar-refractivity contribution in [3.63, 3.8) is 0 Å². The van der Waals surface area contributed by atoms with Gasteiger partial charge < -0.3 is 5.32 Å². The SMILES string of the molecule is CC(C)CC1CN(Cc2cccc(Cl)c2Cl)C(C)(C)CN1. The molecule has 0 aromatic heterocycles. The summed E-state index contributed by atoms with van der Waals surface area (Å²) in [6.45, 7) is 12.0. The van der Waals surface area contributed by atoms with Crippen LogP contribution in [0.1, 0.15) is 39.7 Å². The lowest BCUT2D eigenvalue weighted by atomic mass is 9.93. The van der Waals surface area contributed by atoms with Crippen molar-refractivity contribution < 1.29 is 0 Å². The van der Waals surface area contributed by atoms with Crippen molar-refractivity contribution in [2.45, 2.75) is 52.2 Å². The number of hydrogen-bond acceptors (Lipinski definition) is 2. The van der Waals surface area contributed by atoms with Crippen LogP contribution < -0.4 is 5.32 Å². The zero-order valence-corrected chi connectivity index (χ0v) is 14.9. The van der Waals surface area contributed by atoms with Crippen molar-refractivity contribution in [2.24, 2.45) is 5.92 Å². The fraction of sp³-hybridized carbons (Fsp3) is 0.647. The van der Waals surface area contributed by atoms with Crippen LogP contribution in [0.4, 0.5) is 0 Å². The van der Waals surface area contributed by atoms with Crippen LogP contribution >= 0.6 is 23.2 Å². The van der Waals surface area contributed by atoms with Crippen LogP contribution in [-0.2, 0) is 6.54 Å². The largest absolute Gasteiger partial charge is 0.311 e. The van der Waals surface area contributed by atoms with Crippen LogP contribution in [-0.4, -0.2) is 29.6 Å². The lowest BCUT2D eigenvalue weighted by Gasteiger charge is -2.46. The van der Waals surface area contributed by atoms with Crippen molar-refractivity contribution in [3.05, 3.63) is 33.8 Å². The summed E-state index contributed by atoms with van der Waals surface area (Å²) in [7, 11) is 0. The molecule has 0 saturated carbocycles. The van der Waals surface area contributed by atoms with Gasteiger partial charge in [0.1, 0.15) is 0 Å². The number of piperazine rings is 1. The van der Waals surface area contributed by atoms with Crippen LogP contribution in [0.25, 0.3) is 0 Å². The second-order valence-electron chi connectivity index (χ2n) is 7.11. The van der Waals surface area contributed by atoms with Gasteiger partial charge in [-0.3, -0.25) is 4.90 Å². The molecule has 1 fully saturated rings. The molecule has 1 aliphatic rings. The molecule has 4 heteroatoms. The first-order valence-corrected chi connectivity index (χ1v) is 8.46. The Morgan fingerprint density at radius 1 is 1.33 bits per heavy atom. The molecule has 2 rings (SSSR count). The minimum absolute atomic E-state index is 0.124. The van der Waals surface area contributed by atoms with Crippen LogP contribution in [0.3, 0.4) is 0 Å². The minimum Gasteiger partial charge on any atom is -0.311 e. The maximum absolute atomic E-state index is 6.35. The standard InChI is InChI=1S/C17H26Cl2N2/c1-12(2)8-14-10-21(17(3,4)11-20-14)9-13-6-5-7-15(18)16(13)19/h5-7,12,14,20H,8-11H2,1-4H3. The zero-order valence-electron chi connectivity index (χ0n) is 13.4. The molecule has 0 radical (unpaired) electrons. The fourth-order valence-corrected chi connectivity index (χ4v) is 3.35. The van der Waals surface area contributed by atoms with Gasteiger partial charge in [-0.2, -0.15) is 0 Å². The second-order valence-corrected chi connectivity index (χ2v) is 7.90. The van der Waals surface area contributed by atoms with E-state index in [0.717, 1.165) is 25.2 Å². The molecule has 1 unspecified atom stereocenters. The first-order valence-electron chi connectivity index (χ1n) is 7.71. The maximum Gasteiger partial charge on any atom is 0.0637 e. The molecule has 1 saturated heterocycles. The van der Waals surface area contributed by atoms with Crippen LogP contribution in [0.5, 0.6) is 0 Å². The van der Waals surface area contributed by atoms with Crippen LogP contribution in [0, 0.1) is 5.92 Å². The number of nitrogens with zero attached hydrogens (tertiary/aromatic N) is 1. The lowest BCUT2D eigenvalue weighted by Crippen LogP contribution is -2.61. The Bertz CT molecular complexity index is 486. The second kappa shape index (κ2) is 6.87. The summed E-state index contributed by atoms with van der Waals surface area (Å²) in [6, 6.07) is 6.45. The highest BCUT2D eigenvalue weighted by atomic mass is 35.5. The molecule has 0 amide bonds. The highest BCUT2D eigenvalue weighted by molar-refractivity contribution is 6.42. The van der Waals surface area contributed by atoms with E-state index in [2.05, 4.69) is 44.0 Å². The van der Waals surface area contributed by atoms with Crippen molar-refractivity contribution in [1.82, 2.24) is 10.2 Å². The Hall–Kier alpha value is -0.280. The Kier molecular flexibility index (Phi) is 5.59. The molecule has 1 aliphatic heterocycles. The van der Waals surface area contributed by atoms with E-state index in [1.54, 1.807) is 0 Å². The van der Waals surface area contributed by atoms with E-state index < -0.39 is 0 Å². The minimum atomic E-state index is 0.124. The van der Waals surface area contributed by atoms with Gasteiger partial charge in [-0.25, -0.2) is 0 Å². The summed E-state index contributed by atoms with van der Waals surface area (Å²) >= 11 is 12.5. The smallest absolute Gasteiger partial charge is 0.0637 e. The predicted octanol–water partition coefficient (Wildman–Crippen LogP) is 4.59. The average molecular weight is 329 g/mol. The van der Waals surface area contributed by atoms with Gasteiger partial charge in [0.25, 0.3) is 0 Å². The number of hydrogen-bond donors (Lipinski definition) is 1. The van der Waals surface area contributed by atoms with Crippen LogP contribution in [0.2, 0.25) is 10.0 Å². The Balaban J connectivity index is 2.13. The summed E-state index contributed by atoms with van der Waals surface area (Å²) in [5, 5.41) is 5.01. The third-order valence-electron chi connectivity index (χ3n) is 4.27. The molecule has 118 valence electrons. The third kappa shape index (κ3) is 4.35. The summed E-state index contributed by atoms with van der Waals surface area (Å²) in [6.07, 6.45) is 1.20. The van der Waals surface area contributed by atoms with Gasteiger partial charge in [-0.05, 0) is 37.8 Å². The van der Waals surface area contributed by atoms with Gasteiger partial charge in [-0.15, -0.1) is 0 Å². The van der Waals surface area contributed by atoms with Gasteiger partial charge in [0.15, 0.2) is 0 Å². The molecular weight excluding hydrogens is 303 g/mol. The van der Waals surface area contributed by atoms with Gasteiger partial charge in [0.05, 0.1) is 10.0 Å². The Morgan fingerprint density at radius 3 is 2.71 bits per heavy atom. The van der Waals surface area contributed by atoms with E-state index in [1.165, 1.54) is 6.42 Å². The topological polar surface area (TPSA) is 15.3 Å². The average Bonchev–Trinajstić information content (AvgIpc) is 2.38. The normalized spacial score (nSPS) is 22.7. The van der Waals surface area contributed by atoms with E-state index in [4.69, 9.17) is 23.2 Å². The molecule has 2 nitrogen and oxygen atoms in total. The molecule has 1 atom stereocenters. The fourth-order valence-electron chi connectivity index (χ4n) is 2.97. The van der Waals surface area contributed by atoms with Crippen LogP contribution in [0.15, 0.2) is 18.2 Å². The monoisotopic (exact) mass is 328 g/mol. The van der Waals surface area contributed by atoms with Crippen molar-refractivity contribution >= 4 is 23.2 Å². The summed E-state index contributed by atoms with van der Waals surface area (Å²) in [4.78, 5) is 2.52. The molecule has 1 N–H and O–H groups in total. The van der Waals surface area contributed by atoms with E-state index in [1.807, 2.05) is 12.1 Å². The zero-order chi connectivity index (χ0) is 15.6. The van der Waals surface area contributed by atoms with Crippen molar-refractivity contribution in [2.75, 3.05) is 13.1 Å². The van der Waals surface area contributed by atoms with E-state index in [9.17, 15) is 0 Å². The highest BCUT2D eigenvalue weighted by Crippen LogP contribution is 2.30. The molecule has 1 aromatic carbocycles. The molecule has 1 aromatic rings. The number of benzene rings is 1. The molecule has 21 heavy (non-hydrogen) atoms. The first-order chi connectivity index (χ1) is 9.79. The summed E-state index contributed by atoms with van der Waals surface area (Å²) in [5.41, 5.74) is 1.24. The van der Waals surface area contributed by atoms with Gasteiger partial charge >= 0.3 is 0 Å². The van der Waals surface area contributed by atoms with Gasteiger partial charge in [0, 0.05) is 31.2 Å². The summed E-state index contributed by atoms with van der Waals surface area (Å²) < 4.78 is 0. The Labute approximate surface area is 138 Å². The maximum atomic E-state index is 6.35. The number of nitrogens with one attached hydrogen (secondary N) is 1. The summed E-state index contributed by atoms with van der Waals surface area (Å²) in [5.74, 6) is 0.709. The number of halogens is 2. The lowest BCUT2D eigenvalue weighted by molar-refractivity contribution is 0.0536. The molecule has 0 spiro atoms. The van der Waals surface area contributed by atoms with Gasteiger partial charge in [0.2, 0.25) is 0 Å². The molecule has 0 aliphatic carbocycles. The van der Waals surface area contributed by atoms with Gasteiger partial charge in [-0.1, -0.05) is 49.2 Å². The quantitative estimate of drug-likeness (QED) is 0.869. The third-order valence-corrected chi connectivity index (χ3v) is 5.13. The first kappa shape index (κ1) is 17.1. The van der Waals surface area contributed by atoms with Crippen molar-refractivity contribution in [1.29, 1.82) is 0 Å². The van der Waals surface area contributed by atoms with E-state index >= 15 is 0 Å². The highest BCUT2D eigenvalue weighted by Gasteiger charge is 2.34. The molecule has 1 heterocycles. The predicted molar refractivity (Wildman–Crippen MR) is 92.2 cm³/mol.